The molecular weight excluding hydrogens is 382 g/mol. The second-order valence-corrected chi connectivity index (χ2v) is 8.62. The number of carbonyl (C=O) groups excluding carboxylic acids is 2. The molecule has 1 rings (SSSR count). The van der Waals surface area contributed by atoms with Crippen LogP contribution in [-0.2, 0) is 14.3 Å². The lowest BCUT2D eigenvalue weighted by Gasteiger charge is -2.35. The van der Waals surface area contributed by atoms with E-state index in [4.69, 9.17) is 14.2 Å². The van der Waals surface area contributed by atoms with Crippen LogP contribution >= 0.6 is 0 Å². The van der Waals surface area contributed by atoms with Gasteiger partial charge in [-0.15, -0.1) is 0 Å². The number of ether oxygens (including phenoxy) is 3. The van der Waals surface area contributed by atoms with E-state index in [0.29, 0.717) is 30.9 Å². The molecule has 0 aliphatic rings. The van der Waals surface area contributed by atoms with Gasteiger partial charge in [0.15, 0.2) is 0 Å². The molecule has 0 aliphatic carbocycles. The Morgan fingerprint density at radius 2 is 1.63 bits per heavy atom. The van der Waals surface area contributed by atoms with Crippen LogP contribution in [0.25, 0.3) is 0 Å². The average Bonchev–Trinajstić information content (AvgIpc) is 2.67. The van der Waals surface area contributed by atoms with E-state index < -0.39 is 11.6 Å². The van der Waals surface area contributed by atoms with Crippen LogP contribution in [0.3, 0.4) is 0 Å². The summed E-state index contributed by atoms with van der Waals surface area (Å²) < 4.78 is 16.8. The van der Waals surface area contributed by atoms with Crippen molar-refractivity contribution in [1.29, 1.82) is 0 Å². The smallest absolute Gasteiger partial charge is 0.341 e. The summed E-state index contributed by atoms with van der Waals surface area (Å²) in [5, 5.41) is 2.97. The third-order valence-electron chi connectivity index (χ3n) is 4.86. The third kappa shape index (κ3) is 7.31. The number of hydrogen-bond donors (Lipinski definition) is 1. The van der Waals surface area contributed by atoms with E-state index in [0.717, 1.165) is 6.42 Å². The molecule has 1 amide bonds. The van der Waals surface area contributed by atoms with E-state index in [1.807, 2.05) is 20.8 Å². The molecule has 30 heavy (non-hydrogen) atoms. The number of esters is 1. The van der Waals surface area contributed by atoms with Crippen molar-refractivity contribution in [2.45, 2.75) is 79.4 Å². The zero-order chi connectivity index (χ0) is 22.9. The highest BCUT2D eigenvalue weighted by Gasteiger charge is 2.40. The van der Waals surface area contributed by atoms with Crippen LogP contribution in [0.4, 0.5) is 5.69 Å². The number of methoxy groups -OCH3 is 1. The fourth-order valence-electron chi connectivity index (χ4n) is 3.57. The molecule has 1 aromatic rings. The lowest BCUT2D eigenvalue weighted by Crippen LogP contribution is -2.47. The van der Waals surface area contributed by atoms with Crippen LogP contribution < -0.4 is 10.1 Å². The summed E-state index contributed by atoms with van der Waals surface area (Å²) in [6.07, 6.45) is 1.99. The molecule has 0 fully saturated rings. The minimum Gasteiger partial charge on any atom is -0.490 e. The second-order valence-electron chi connectivity index (χ2n) is 8.62. The van der Waals surface area contributed by atoms with Gasteiger partial charge in [-0.1, -0.05) is 34.6 Å². The zero-order valence-electron chi connectivity index (χ0n) is 19.8. The largest absolute Gasteiger partial charge is 0.490 e. The minimum absolute atomic E-state index is 0.0449. The lowest BCUT2D eigenvalue weighted by atomic mass is 9.83. The first-order valence-electron chi connectivity index (χ1n) is 10.9. The summed E-state index contributed by atoms with van der Waals surface area (Å²) >= 11 is 0. The fourth-order valence-corrected chi connectivity index (χ4v) is 3.57. The van der Waals surface area contributed by atoms with Gasteiger partial charge in [-0.25, -0.2) is 4.79 Å². The summed E-state index contributed by atoms with van der Waals surface area (Å²) in [6, 6.07) is 5.04. The number of anilines is 1. The van der Waals surface area contributed by atoms with Gasteiger partial charge in [0.2, 0.25) is 0 Å². The molecule has 1 aromatic carbocycles. The summed E-state index contributed by atoms with van der Waals surface area (Å²) in [5.74, 6) is 0.314. The predicted molar refractivity (Wildman–Crippen MR) is 120 cm³/mol. The van der Waals surface area contributed by atoms with Crippen molar-refractivity contribution >= 4 is 17.6 Å². The van der Waals surface area contributed by atoms with E-state index in [-0.39, 0.29) is 29.4 Å². The van der Waals surface area contributed by atoms with Crippen LogP contribution in [0.2, 0.25) is 0 Å². The molecule has 6 nitrogen and oxygen atoms in total. The van der Waals surface area contributed by atoms with Crippen LogP contribution in [0.15, 0.2) is 18.2 Å². The predicted octanol–water partition coefficient (Wildman–Crippen LogP) is 5.46. The van der Waals surface area contributed by atoms with Gasteiger partial charge in [-0.3, -0.25) is 4.79 Å². The summed E-state index contributed by atoms with van der Waals surface area (Å²) in [4.78, 5) is 25.7. The molecule has 0 heterocycles. The van der Waals surface area contributed by atoms with Crippen LogP contribution in [-0.4, -0.2) is 37.3 Å². The van der Waals surface area contributed by atoms with Crippen molar-refractivity contribution in [3.63, 3.8) is 0 Å². The van der Waals surface area contributed by atoms with E-state index in [1.165, 1.54) is 7.11 Å². The summed E-state index contributed by atoms with van der Waals surface area (Å²) in [6.45, 7) is 14.6. The van der Waals surface area contributed by atoms with E-state index >= 15 is 0 Å². The third-order valence-corrected chi connectivity index (χ3v) is 4.86. The van der Waals surface area contributed by atoms with Gasteiger partial charge in [-0.2, -0.15) is 0 Å². The molecule has 0 aromatic heterocycles. The molecule has 1 atom stereocenters. The number of nitrogens with one attached hydrogen (secondary N) is 1. The molecule has 0 saturated heterocycles. The first kappa shape index (κ1) is 26.0. The van der Waals surface area contributed by atoms with E-state index in [2.05, 4.69) is 33.0 Å². The van der Waals surface area contributed by atoms with Crippen molar-refractivity contribution in [3.8, 4) is 5.75 Å². The maximum absolute atomic E-state index is 13.4. The quantitative estimate of drug-likeness (QED) is 0.454. The lowest BCUT2D eigenvalue weighted by molar-refractivity contribution is -0.146. The molecule has 0 aliphatic heterocycles. The highest BCUT2D eigenvalue weighted by atomic mass is 16.5. The second kappa shape index (κ2) is 11.9. The number of hydrogen-bond acceptors (Lipinski definition) is 5. The maximum Gasteiger partial charge on any atom is 0.341 e. The normalized spacial score (nSPS) is 12.7. The molecule has 6 heteroatoms. The van der Waals surface area contributed by atoms with Crippen LogP contribution in [0.1, 0.15) is 78.1 Å². The van der Waals surface area contributed by atoms with Gasteiger partial charge in [-0.05, 0) is 63.1 Å². The molecule has 170 valence electrons. The Hall–Kier alpha value is -2.08. The molecule has 1 N–H and O–H groups in total. The molecule has 0 bridgehead atoms. The Morgan fingerprint density at radius 1 is 1.03 bits per heavy atom. The van der Waals surface area contributed by atoms with Gasteiger partial charge in [0, 0.05) is 12.3 Å². The van der Waals surface area contributed by atoms with Crippen molar-refractivity contribution in [1.82, 2.24) is 0 Å². The van der Waals surface area contributed by atoms with Crippen LogP contribution in [0.5, 0.6) is 5.75 Å². The van der Waals surface area contributed by atoms with Crippen molar-refractivity contribution in [2.75, 3.05) is 19.0 Å². The topological polar surface area (TPSA) is 73.9 Å². The number of amides is 1. The van der Waals surface area contributed by atoms with Gasteiger partial charge in [0.25, 0.3) is 5.91 Å². The molecular formula is C24H39NO5. The molecule has 0 spiro atoms. The van der Waals surface area contributed by atoms with E-state index in [1.54, 1.807) is 18.2 Å². The highest BCUT2D eigenvalue weighted by molar-refractivity contribution is 5.99. The Kier molecular flexibility index (Phi) is 10.3. The van der Waals surface area contributed by atoms with Crippen molar-refractivity contribution in [3.05, 3.63) is 23.8 Å². The SMILES string of the molecule is CCOC(CC(C)C)(CC(C)C)C(=O)Nc1ccc(O[C@H](C)CC)c(C(=O)OC)c1. The highest BCUT2D eigenvalue weighted by Crippen LogP contribution is 2.32. The van der Waals surface area contributed by atoms with Gasteiger partial charge >= 0.3 is 5.97 Å². The first-order valence-corrected chi connectivity index (χ1v) is 10.9. The van der Waals surface area contributed by atoms with Crippen LogP contribution in [0, 0.1) is 11.8 Å². The number of benzene rings is 1. The van der Waals surface area contributed by atoms with E-state index in [9.17, 15) is 9.59 Å². The standard InChI is InChI=1S/C24H39NO5/c1-9-18(7)30-21-12-11-19(13-20(21)22(26)28-8)25-23(27)24(29-10-2,14-16(3)4)15-17(5)6/h11-13,16-18H,9-10,14-15H2,1-8H3,(H,25,27)/t18-/m1/s1. The minimum atomic E-state index is -0.922. The number of rotatable bonds is 12. The van der Waals surface area contributed by atoms with Gasteiger partial charge in [0.05, 0.1) is 13.2 Å². The van der Waals surface area contributed by atoms with Gasteiger partial charge in [0.1, 0.15) is 16.9 Å². The Balaban J connectivity index is 3.26. The molecule has 0 saturated carbocycles. The van der Waals surface area contributed by atoms with Crippen molar-refractivity contribution in [2.24, 2.45) is 11.8 Å². The maximum atomic E-state index is 13.4. The fraction of sp³-hybridized carbons (Fsp3) is 0.667. The van der Waals surface area contributed by atoms with Gasteiger partial charge < -0.3 is 19.5 Å². The zero-order valence-corrected chi connectivity index (χ0v) is 19.8. The van der Waals surface area contributed by atoms with Crippen molar-refractivity contribution < 1.29 is 23.8 Å². The summed E-state index contributed by atoms with van der Waals surface area (Å²) in [5.41, 5.74) is -0.132. The molecule has 0 radical (unpaired) electrons. The monoisotopic (exact) mass is 421 g/mol. The number of carbonyl (C=O) groups is 2. The Morgan fingerprint density at radius 3 is 2.10 bits per heavy atom. The Labute approximate surface area is 181 Å². The average molecular weight is 422 g/mol. The molecule has 0 unspecified atom stereocenters. The first-order chi connectivity index (χ1) is 14.1. The summed E-state index contributed by atoms with van der Waals surface area (Å²) in [7, 11) is 1.33. The Bertz CT molecular complexity index is 689.